The quantitative estimate of drug-likeness (QED) is 0.779. The molecule has 19 heavy (non-hydrogen) atoms. The monoisotopic (exact) mass is 323 g/mol. The van der Waals surface area contributed by atoms with Gasteiger partial charge in [0.2, 0.25) is 5.91 Å². The lowest BCUT2D eigenvalue weighted by Gasteiger charge is -2.25. The molecule has 0 aromatic carbocycles. The molecule has 106 valence electrons. The summed E-state index contributed by atoms with van der Waals surface area (Å²) in [6.45, 7) is 2.87. The number of anilines is 1. The molecule has 0 spiro atoms. The highest BCUT2D eigenvalue weighted by atomic mass is 35.5. The molecule has 1 aromatic heterocycles. The number of pyridine rings is 1. The van der Waals surface area contributed by atoms with Crippen molar-refractivity contribution >= 4 is 46.5 Å². The van der Waals surface area contributed by atoms with Gasteiger partial charge in [-0.25, -0.2) is 4.98 Å². The van der Waals surface area contributed by atoms with Gasteiger partial charge in [-0.1, -0.05) is 41.7 Å². The fourth-order valence-corrected chi connectivity index (χ4v) is 2.10. The van der Waals surface area contributed by atoms with Crippen molar-refractivity contribution in [2.24, 2.45) is 0 Å². The van der Waals surface area contributed by atoms with E-state index >= 15 is 0 Å². The van der Waals surface area contributed by atoms with Gasteiger partial charge in [-0.15, -0.1) is 0 Å². The maximum Gasteiger partial charge on any atom is 0.241 e. The van der Waals surface area contributed by atoms with Gasteiger partial charge in [-0.05, 0) is 12.5 Å². The summed E-state index contributed by atoms with van der Waals surface area (Å²) in [5.74, 6) is 0.450. The molecule has 0 unspecified atom stereocenters. The van der Waals surface area contributed by atoms with Crippen molar-refractivity contribution in [1.82, 2.24) is 9.88 Å². The molecule has 0 N–H and O–H groups in total. The Hall–Kier alpha value is -0.710. The Balaban J connectivity index is 3.05. The van der Waals surface area contributed by atoms with Crippen molar-refractivity contribution < 1.29 is 4.79 Å². The Morgan fingerprint density at radius 1 is 1.26 bits per heavy atom. The average molecular weight is 325 g/mol. The highest BCUT2D eigenvalue weighted by Crippen LogP contribution is 2.31. The molecular weight excluding hydrogens is 309 g/mol. The van der Waals surface area contributed by atoms with E-state index < -0.39 is 0 Å². The average Bonchev–Trinajstić information content (AvgIpc) is 2.33. The van der Waals surface area contributed by atoms with Crippen LogP contribution in [-0.4, -0.2) is 43.0 Å². The number of carbonyl (C=O) groups is 1. The number of hydrogen-bond acceptors (Lipinski definition) is 3. The molecule has 1 aromatic rings. The van der Waals surface area contributed by atoms with Crippen LogP contribution >= 0.6 is 34.8 Å². The van der Waals surface area contributed by atoms with Crippen LogP contribution < -0.4 is 4.90 Å². The van der Waals surface area contributed by atoms with Crippen molar-refractivity contribution in [2.75, 3.05) is 32.1 Å². The number of carbonyl (C=O) groups excluding carboxylic acids is 1. The van der Waals surface area contributed by atoms with Gasteiger partial charge in [0.25, 0.3) is 0 Å². The predicted octanol–water partition coefficient (Wildman–Crippen LogP) is 3.35. The molecule has 7 heteroatoms. The third-order valence-corrected chi connectivity index (χ3v) is 3.44. The topological polar surface area (TPSA) is 36.4 Å². The lowest BCUT2D eigenvalue weighted by Crippen LogP contribution is -2.37. The Kier molecular flexibility index (Phi) is 6.17. The molecule has 0 fully saturated rings. The van der Waals surface area contributed by atoms with Crippen LogP contribution in [0.5, 0.6) is 0 Å². The third kappa shape index (κ3) is 4.41. The molecule has 1 amide bonds. The lowest BCUT2D eigenvalue weighted by atomic mass is 10.3. The van der Waals surface area contributed by atoms with Crippen LogP contribution in [0.15, 0.2) is 6.07 Å². The van der Waals surface area contributed by atoms with E-state index in [0.29, 0.717) is 22.4 Å². The molecule has 0 saturated carbocycles. The van der Waals surface area contributed by atoms with E-state index in [-0.39, 0.29) is 17.6 Å². The van der Waals surface area contributed by atoms with E-state index in [1.807, 2.05) is 6.92 Å². The van der Waals surface area contributed by atoms with Crippen LogP contribution in [0.1, 0.15) is 13.3 Å². The maximum absolute atomic E-state index is 11.8. The molecule has 0 radical (unpaired) electrons. The van der Waals surface area contributed by atoms with Gasteiger partial charge in [-0.2, -0.15) is 0 Å². The fraction of sp³-hybridized carbons (Fsp3) is 0.500. The fourth-order valence-electron chi connectivity index (χ4n) is 1.49. The first-order valence-electron chi connectivity index (χ1n) is 5.83. The van der Waals surface area contributed by atoms with Crippen LogP contribution in [0.2, 0.25) is 15.2 Å². The Morgan fingerprint density at radius 3 is 2.42 bits per heavy atom. The molecular formula is C12H16Cl3N3O. The van der Waals surface area contributed by atoms with E-state index in [9.17, 15) is 4.79 Å². The summed E-state index contributed by atoms with van der Waals surface area (Å²) in [7, 11) is 3.41. The van der Waals surface area contributed by atoms with E-state index in [1.165, 1.54) is 11.0 Å². The van der Waals surface area contributed by atoms with Crippen molar-refractivity contribution in [3.05, 3.63) is 21.3 Å². The normalized spacial score (nSPS) is 10.4. The zero-order valence-electron chi connectivity index (χ0n) is 11.1. The molecule has 0 atom stereocenters. The Morgan fingerprint density at radius 2 is 1.89 bits per heavy atom. The summed E-state index contributed by atoms with van der Waals surface area (Å²) in [5, 5.41) is 0.861. The molecule has 4 nitrogen and oxygen atoms in total. The SMILES string of the molecule is CCCN(CC(=O)N(C)C)c1nc(Cl)c(Cl)cc1Cl. The zero-order chi connectivity index (χ0) is 14.6. The first kappa shape index (κ1) is 16.3. The first-order chi connectivity index (χ1) is 8.86. The van der Waals surface area contributed by atoms with Crippen LogP contribution in [0.3, 0.4) is 0 Å². The standard InChI is InChI=1S/C12H16Cl3N3O/c1-4-5-18(7-10(19)17(2)3)12-9(14)6-8(13)11(15)16-12/h6H,4-5,7H2,1-3H3. The van der Waals surface area contributed by atoms with Crippen molar-refractivity contribution in [1.29, 1.82) is 0 Å². The molecule has 0 aliphatic heterocycles. The van der Waals surface area contributed by atoms with Gasteiger partial charge in [0.05, 0.1) is 16.6 Å². The van der Waals surface area contributed by atoms with E-state index in [1.54, 1.807) is 19.0 Å². The van der Waals surface area contributed by atoms with Crippen LogP contribution in [0.25, 0.3) is 0 Å². The number of hydrogen-bond donors (Lipinski definition) is 0. The van der Waals surface area contributed by atoms with Gasteiger partial charge in [-0.3, -0.25) is 4.79 Å². The van der Waals surface area contributed by atoms with Crippen LogP contribution in [0, 0.1) is 0 Å². The summed E-state index contributed by atoms with van der Waals surface area (Å²) in [5.41, 5.74) is 0. The minimum Gasteiger partial charge on any atom is -0.347 e. The lowest BCUT2D eigenvalue weighted by molar-refractivity contribution is -0.127. The van der Waals surface area contributed by atoms with E-state index in [0.717, 1.165) is 6.42 Å². The summed E-state index contributed by atoms with van der Waals surface area (Å²) in [6, 6.07) is 1.54. The highest BCUT2D eigenvalue weighted by molar-refractivity contribution is 6.42. The maximum atomic E-state index is 11.8. The largest absolute Gasteiger partial charge is 0.347 e. The number of halogens is 3. The second-order valence-corrected chi connectivity index (χ2v) is 5.45. The van der Waals surface area contributed by atoms with Gasteiger partial charge in [0.15, 0.2) is 0 Å². The molecule has 1 heterocycles. The predicted molar refractivity (Wildman–Crippen MR) is 80.5 cm³/mol. The van der Waals surface area contributed by atoms with Gasteiger partial charge < -0.3 is 9.80 Å². The minimum atomic E-state index is -0.0302. The smallest absolute Gasteiger partial charge is 0.241 e. The molecule has 0 aliphatic carbocycles. The summed E-state index contributed by atoms with van der Waals surface area (Å²) >= 11 is 17.9. The van der Waals surface area contributed by atoms with Gasteiger partial charge in [0, 0.05) is 20.6 Å². The number of amides is 1. The van der Waals surface area contributed by atoms with E-state index in [4.69, 9.17) is 34.8 Å². The number of aromatic nitrogens is 1. The minimum absolute atomic E-state index is 0.0302. The summed E-state index contributed by atoms with van der Waals surface area (Å²) in [6.07, 6.45) is 0.860. The van der Waals surface area contributed by atoms with Crippen LogP contribution in [0.4, 0.5) is 5.82 Å². The van der Waals surface area contributed by atoms with Crippen molar-refractivity contribution in [3.63, 3.8) is 0 Å². The molecule has 1 rings (SSSR count). The molecule has 0 aliphatic rings. The first-order valence-corrected chi connectivity index (χ1v) is 6.96. The molecule has 0 saturated heterocycles. The zero-order valence-corrected chi connectivity index (χ0v) is 13.4. The van der Waals surface area contributed by atoms with E-state index in [2.05, 4.69) is 4.98 Å². The van der Waals surface area contributed by atoms with Crippen molar-refractivity contribution in [3.8, 4) is 0 Å². The van der Waals surface area contributed by atoms with Crippen molar-refractivity contribution in [2.45, 2.75) is 13.3 Å². The second kappa shape index (κ2) is 7.17. The Labute approximate surface area is 128 Å². The summed E-state index contributed by atoms with van der Waals surface area (Å²) in [4.78, 5) is 19.3. The third-order valence-electron chi connectivity index (χ3n) is 2.49. The highest BCUT2D eigenvalue weighted by Gasteiger charge is 2.18. The Bertz CT molecular complexity index is 466. The number of nitrogens with zero attached hydrogens (tertiary/aromatic N) is 3. The summed E-state index contributed by atoms with van der Waals surface area (Å²) < 4.78 is 0. The number of rotatable bonds is 5. The number of likely N-dealkylation sites (N-methyl/N-ethyl adjacent to an activating group) is 1. The van der Waals surface area contributed by atoms with Gasteiger partial charge >= 0.3 is 0 Å². The second-order valence-electron chi connectivity index (χ2n) is 4.28. The van der Waals surface area contributed by atoms with Crippen LogP contribution in [-0.2, 0) is 4.79 Å². The van der Waals surface area contributed by atoms with Gasteiger partial charge in [0.1, 0.15) is 11.0 Å². The molecule has 0 bridgehead atoms.